The van der Waals surface area contributed by atoms with Crippen LogP contribution >= 0.6 is 11.6 Å². The van der Waals surface area contributed by atoms with E-state index in [9.17, 15) is 0 Å². The highest BCUT2D eigenvalue weighted by atomic mass is 35.5. The fraction of sp³-hybridized carbons (Fsp3) is 0.733. The second-order valence-corrected chi connectivity index (χ2v) is 6.86. The number of anilines is 1. The van der Waals surface area contributed by atoms with Crippen molar-refractivity contribution in [2.75, 3.05) is 25.1 Å². The Balaban J connectivity index is 1.93. The topological polar surface area (TPSA) is 47.0 Å². The number of nitrogens with one attached hydrogen (secondary N) is 1. The summed E-state index contributed by atoms with van der Waals surface area (Å²) in [7, 11) is 0. The molecule has 1 heterocycles. The molecule has 0 saturated heterocycles. The molecule has 0 aliphatic heterocycles. The molecule has 1 saturated carbocycles. The van der Waals surface area contributed by atoms with Crippen molar-refractivity contribution in [2.24, 2.45) is 5.92 Å². The molecule has 112 valence electrons. The molecule has 0 unspecified atom stereocenters. The Labute approximate surface area is 126 Å². The quantitative estimate of drug-likeness (QED) is 0.644. The van der Waals surface area contributed by atoms with Crippen molar-refractivity contribution in [3.63, 3.8) is 0 Å². The zero-order chi connectivity index (χ0) is 14.8. The molecule has 0 radical (unpaired) electrons. The van der Waals surface area contributed by atoms with Gasteiger partial charge in [-0.25, -0.2) is 9.97 Å². The number of hydrogen-bond acceptors (Lipinski definition) is 4. The molecule has 0 atom stereocenters. The molecule has 1 N–H and O–H groups in total. The van der Waals surface area contributed by atoms with Gasteiger partial charge in [0.05, 0.1) is 6.61 Å². The molecule has 5 heteroatoms. The van der Waals surface area contributed by atoms with E-state index in [1.807, 2.05) is 6.92 Å². The van der Waals surface area contributed by atoms with Crippen LogP contribution in [0.1, 0.15) is 45.0 Å². The smallest absolute Gasteiger partial charge is 0.137 e. The summed E-state index contributed by atoms with van der Waals surface area (Å²) in [6, 6.07) is 0. The molecule has 2 rings (SSSR count). The van der Waals surface area contributed by atoms with Gasteiger partial charge in [0, 0.05) is 24.1 Å². The normalized spacial score (nSPS) is 15.4. The van der Waals surface area contributed by atoms with Gasteiger partial charge in [0.25, 0.3) is 0 Å². The highest BCUT2D eigenvalue weighted by Gasteiger charge is 2.21. The van der Waals surface area contributed by atoms with Crippen molar-refractivity contribution < 1.29 is 4.74 Å². The number of nitrogens with zero attached hydrogens (tertiary/aromatic N) is 2. The fourth-order valence-electron chi connectivity index (χ4n) is 1.77. The van der Waals surface area contributed by atoms with Gasteiger partial charge in [-0.2, -0.15) is 0 Å². The minimum Gasteiger partial charge on any atom is -0.379 e. The fourth-order valence-corrected chi connectivity index (χ4v) is 1.94. The molecule has 0 amide bonds. The van der Waals surface area contributed by atoms with Gasteiger partial charge >= 0.3 is 0 Å². The maximum absolute atomic E-state index is 6.19. The summed E-state index contributed by atoms with van der Waals surface area (Å²) >= 11 is 6.19. The van der Waals surface area contributed by atoms with Gasteiger partial charge in [0.1, 0.15) is 16.8 Å². The predicted octanol–water partition coefficient (Wildman–Crippen LogP) is 3.57. The zero-order valence-corrected chi connectivity index (χ0v) is 13.5. The molecule has 1 aliphatic carbocycles. The molecule has 0 aromatic carbocycles. The van der Waals surface area contributed by atoms with Crippen LogP contribution in [0.4, 0.5) is 5.82 Å². The standard InChI is InChI=1S/C15H24ClN3O/c1-10-12(16)18-14(15(2,3)4)19-13(10)17-7-8-20-9-11-5-6-11/h11H,5-9H2,1-4H3,(H,17,18,19). The third-order valence-corrected chi connectivity index (χ3v) is 3.71. The minimum atomic E-state index is -0.115. The Bertz CT molecular complexity index is 467. The summed E-state index contributed by atoms with van der Waals surface area (Å²) in [5.41, 5.74) is 0.776. The van der Waals surface area contributed by atoms with Gasteiger partial charge in [0.15, 0.2) is 0 Å². The SMILES string of the molecule is Cc1c(Cl)nc(C(C)(C)C)nc1NCCOCC1CC1. The van der Waals surface area contributed by atoms with Crippen LogP contribution in [0, 0.1) is 12.8 Å². The largest absolute Gasteiger partial charge is 0.379 e. The molecule has 1 aromatic heterocycles. The van der Waals surface area contributed by atoms with E-state index in [0.29, 0.717) is 11.8 Å². The van der Waals surface area contributed by atoms with E-state index in [2.05, 4.69) is 36.1 Å². The third kappa shape index (κ3) is 4.32. The zero-order valence-electron chi connectivity index (χ0n) is 12.8. The molecule has 4 nitrogen and oxygen atoms in total. The van der Waals surface area contributed by atoms with E-state index in [-0.39, 0.29) is 5.41 Å². The number of hydrogen-bond donors (Lipinski definition) is 1. The summed E-state index contributed by atoms with van der Waals surface area (Å²) in [6.45, 7) is 10.5. The van der Waals surface area contributed by atoms with Gasteiger partial charge in [-0.1, -0.05) is 32.4 Å². The van der Waals surface area contributed by atoms with Crippen molar-refractivity contribution in [1.82, 2.24) is 9.97 Å². The molecule has 1 aliphatic rings. The first kappa shape index (κ1) is 15.5. The van der Waals surface area contributed by atoms with Crippen LogP contribution < -0.4 is 5.32 Å². The maximum Gasteiger partial charge on any atom is 0.137 e. The van der Waals surface area contributed by atoms with Crippen LogP contribution in [0.5, 0.6) is 0 Å². The van der Waals surface area contributed by atoms with Gasteiger partial charge in [-0.15, -0.1) is 0 Å². The second-order valence-electron chi connectivity index (χ2n) is 6.51. The van der Waals surface area contributed by atoms with E-state index >= 15 is 0 Å². The summed E-state index contributed by atoms with van der Waals surface area (Å²) in [5.74, 6) is 2.37. The van der Waals surface area contributed by atoms with Crippen LogP contribution in [0.15, 0.2) is 0 Å². The number of ether oxygens (including phenoxy) is 1. The lowest BCUT2D eigenvalue weighted by Gasteiger charge is -2.19. The molecule has 20 heavy (non-hydrogen) atoms. The van der Waals surface area contributed by atoms with Gasteiger partial charge < -0.3 is 10.1 Å². The molecule has 0 spiro atoms. The Hall–Kier alpha value is -0.870. The average molecular weight is 298 g/mol. The monoisotopic (exact) mass is 297 g/mol. The Morgan fingerprint density at radius 2 is 2.00 bits per heavy atom. The minimum absolute atomic E-state index is 0.115. The van der Waals surface area contributed by atoms with Crippen molar-refractivity contribution >= 4 is 17.4 Å². The van der Waals surface area contributed by atoms with E-state index in [1.54, 1.807) is 0 Å². The van der Waals surface area contributed by atoms with E-state index < -0.39 is 0 Å². The molecular weight excluding hydrogens is 274 g/mol. The van der Waals surface area contributed by atoms with E-state index in [4.69, 9.17) is 16.3 Å². The second kappa shape index (κ2) is 6.27. The maximum atomic E-state index is 6.19. The summed E-state index contributed by atoms with van der Waals surface area (Å²) < 4.78 is 5.61. The van der Waals surface area contributed by atoms with Crippen molar-refractivity contribution in [1.29, 1.82) is 0 Å². The number of halogens is 1. The van der Waals surface area contributed by atoms with Gasteiger partial charge in [0.2, 0.25) is 0 Å². The number of rotatable bonds is 6. The molecule has 1 aromatic rings. The van der Waals surface area contributed by atoms with Crippen molar-refractivity contribution in [2.45, 2.75) is 46.0 Å². The Morgan fingerprint density at radius 1 is 1.30 bits per heavy atom. The number of aromatic nitrogens is 2. The Kier molecular flexibility index (Phi) is 4.86. The van der Waals surface area contributed by atoms with Gasteiger partial charge in [-0.3, -0.25) is 0 Å². The molecule has 0 bridgehead atoms. The average Bonchev–Trinajstić information content (AvgIpc) is 3.16. The van der Waals surface area contributed by atoms with Crippen LogP contribution in [0.25, 0.3) is 0 Å². The third-order valence-electron chi connectivity index (χ3n) is 3.35. The lowest BCUT2D eigenvalue weighted by Crippen LogP contribution is -2.19. The first-order valence-corrected chi connectivity index (χ1v) is 7.62. The van der Waals surface area contributed by atoms with E-state index in [0.717, 1.165) is 36.3 Å². The summed E-state index contributed by atoms with van der Waals surface area (Å²) in [6.07, 6.45) is 2.64. The van der Waals surface area contributed by atoms with Crippen LogP contribution in [0.3, 0.4) is 0 Å². The van der Waals surface area contributed by atoms with Crippen LogP contribution in [-0.2, 0) is 10.2 Å². The highest BCUT2D eigenvalue weighted by Crippen LogP contribution is 2.29. The Morgan fingerprint density at radius 3 is 2.60 bits per heavy atom. The van der Waals surface area contributed by atoms with Gasteiger partial charge in [-0.05, 0) is 25.7 Å². The molecule has 1 fully saturated rings. The van der Waals surface area contributed by atoms with E-state index in [1.165, 1.54) is 12.8 Å². The van der Waals surface area contributed by atoms with Crippen molar-refractivity contribution in [3.8, 4) is 0 Å². The highest BCUT2D eigenvalue weighted by molar-refractivity contribution is 6.30. The van der Waals surface area contributed by atoms with Crippen LogP contribution in [0.2, 0.25) is 5.15 Å². The lowest BCUT2D eigenvalue weighted by atomic mass is 9.95. The summed E-state index contributed by atoms with van der Waals surface area (Å²) in [5, 5.41) is 3.82. The lowest BCUT2D eigenvalue weighted by molar-refractivity contribution is 0.134. The van der Waals surface area contributed by atoms with Crippen molar-refractivity contribution in [3.05, 3.63) is 16.5 Å². The molecular formula is C15H24ClN3O. The summed E-state index contributed by atoms with van der Waals surface area (Å²) in [4.78, 5) is 8.95. The van der Waals surface area contributed by atoms with Crippen LogP contribution in [-0.4, -0.2) is 29.7 Å². The first-order chi connectivity index (χ1) is 9.38. The predicted molar refractivity (Wildman–Crippen MR) is 82.5 cm³/mol. The first-order valence-electron chi connectivity index (χ1n) is 7.24.